The van der Waals surface area contributed by atoms with Crippen molar-refractivity contribution in [3.63, 3.8) is 0 Å². The van der Waals surface area contributed by atoms with E-state index in [0.717, 1.165) is 39.4 Å². The van der Waals surface area contributed by atoms with Crippen LogP contribution in [-0.2, 0) is 10.8 Å². The zero-order chi connectivity index (χ0) is 43.7. The second-order valence-corrected chi connectivity index (χ2v) is 17.5. The molecule has 2 nitrogen and oxygen atoms in total. The van der Waals surface area contributed by atoms with Gasteiger partial charge < -0.3 is 9.32 Å². The van der Waals surface area contributed by atoms with Crippen LogP contribution in [0.3, 0.4) is 0 Å². The third kappa shape index (κ3) is 5.55. The number of furan rings is 1. The van der Waals surface area contributed by atoms with E-state index in [2.05, 4.69) is 260 Å². The fourth-order valence-electron chi connectivity index (χ4n) is 11.5. The fraction of sp³-hybridized carbons (Fsp3) is 0.0312. The minimum Gasteiger partial charge on any atom is -0.456 e. The van der Waals surface area contributed by atoms with Crippen molar-refractivity contribution in [3.05, 3.63) is 305 Å². The molecule has 10 aromatic carbocycles. The van der Waals surface area contributed by atoms with Crippen LogP contribution < -0.4 is 4.90 Å². The lowest BCUT2D eigenvalue weighted by molar-refractivity contribution is 0.631. The molecular weight excluding hydrogens is 799 g/mol. The van der Waals surface area contributed by atoms with Crippen LogP contribution in [0.25, 0.3) is 44.5 Å². The van der Waals surface area contributed by atoms with Crippen molar-refractivity contribution in [1.29, 1.82) is 0 Å². The van der Waals surface area contributed by atoms with Crippen LogP contribution in [0.1, 0.15) is 44.5 Å². The summed E-state index contributed by atoms with van der Waals surface area (Å²) >= 11 is 0. The number of hydrogen-bond donors (Lipinski definition) is 0. The highest BCUT2D eigenvalue weighted by Crippen LogP contribution is 2.59. The van der Waals surface area contributed by atoms with E-state index in [1.807, 2.05) is 6.07 Å². The lowest BCUT2D eigenvalue weighted by Gasteiger charge is -2.34. The maximum absolute atomic E-state index is 6.68. The van der Waals surface area contributed by atoms with Crippen LogP contribution in [0.4, 0.5) is 17.1 Å². The Morgan fingerprint density at radius 1 is 0.288 bits per heavy atom. The lowest BCUT2D eigenvalue weighted by atomic mass is 9.67. The van der Waals surface area contributed by atoms with Crippen molar-refractivity contribution in [1.82, 2.24) is 0 Å². The molecule has 1 aromatic heterocycles. The Kier molecular flexibility index (Phi) is 8.69. The second kappa shape index (κ2) is 15.1. The van der Waals surface area contributed by atoms with Crippen molar-refractivity contribution in [2.45, 2.75) is 10.8 Å². The highest BCUT2D eigenvalue weighted by Gasteiger charge is 2.48. The third-order valence-corrected chi connectivity index (χ3v) is 14.2. The highest BCUT2D eigenvalue weighted by molar-refractivity contribution is 5.95. The number of rotatable bonds is 8. The Bertz CT molecular complexity index is 3320. The number of anilines is 3. The molecule has 11 aromatic rings. The molecule has 0 bridgehead atoms. The summed E-state index contributed by atoms with van der Waals surface area (Å²) < 4.78 is 6.68. The molecule has 0 aliphatic heterocycles. The third-order valence-electron chi connectivity index (χ3n) is 14.2. The van der Waals surface area contributed by atoms with E-state index in [9.17, 15) is 0 Å². The Morgan fingerprint density at radius 2 is 0.652 bits per heavy atom. The van der Waals surface area contributed by atoms with Crippen LogP contribution in [0.5, 0.6) is 0 Å². The van der Waals surface area contributed by atoms with Crippen LogP contribution in [0, 0.1) is 0 Å². The molecule has 0 atom stereocenters. The molecule has 0 saturated heterocycles. The first-order valence-electron chi connectivity index (χ1n) is 22.8. The van der Waals surface area contributed by atoms with E-state index >= 15 is 0 Å². The van der Waals surface area contributed by atoms with Crippen molar-refractivity contribution in [2.75, 3.05) is 4.90 Å². The second-order valence-electron chi connectivity index (χ2n) is 17.5. The molecule has 2 heteroatoms. The van der Waals surface area contributed by atoms with Crippen LogP contribution >= 0.6 is 0 Å². The smallest absolute Gasteiger partial charge is 0.136 e. The zero-order valence-electron chi connectivity index (χ0n) is 36.2. The van der Waals surface area contributed by atoms with Crippen LogP contribution in [-0.4, -0.2) is 0 Å². The largest absolute Gasteiger partial charge is 0.456 e. The maximum atomic E-state index is 6.68. The molecular formula is C64H43NO. The summed E-state index contributed by atoms with van der Waals surface area (Å²) in [6, 6.07) is 95.5. The van der Waals surface area contributed by atoms with Gasteiger partial charge in [-0.2, -0.15) is 0 Å². The molecule has 1 heterocycles. The van der Waals surface area contributed by atoms with Gasteiger partial charge in [-0.25, -0.2) is 0 Å². The van der Waals surface area contributed by atoms with Gasteiger partial charge in [-0.1, -0.05) is 212 Å². The first-order chi connectivity index (χ1) is 32.7. The molecule has 0 N–H and O–H groups in total. The first-order valence-corrected chi connectivity index (χ1v) is 22.8. The fourth-order valence-corrected chi connectivity index (χ4v) is 11.5. The first kappa shape index (κ1) is 38.0. The van der Waals surface area contributed by atoms with Crippen LogP contribution in [0.2, 0.25) is 0 Å². The molecule has 2 aliphatic carbocycles. The molecule has 2 aliphatic rings. The van der Waals surface area contributed by atoms with Gasteiger partial charge in [-0.3, -0.25) is 0 Å². The average Bonchev–Trinajstić information content (AvgIpc) is 4.05. The van der Waals surface area contributed by atoms with Gasteiger partial charge in [-0.15, -0.1) is 0 Å². The monoisotopic (exact) mass is 841 g/mol. The van der Waals surface area contributed by atoms with E-state index in [-0.39, 0.29) is 0 Å². The summed E-state index contributed by atoms with van der Waals surface area (Å²) in [6.07, 6.45) is 0. The summed E-state index contributed by atoms with van der Waals surface area (Å²) in [5.74, 6) is 0.855. The van der Waals surface area contributed by atoms with Gasteiger partial charge in [0.05, 0.1) is 10.8 Å². The predicted octanol–water partition coefficient (Wildman–Crippen LogP) is 16.3. The van der Waals surface area contributed by atoms with Gasteiger partial charge in [-0.05, 0) is 109 Å². The minimum atomic E-state index is -0.492. The Hall–Kier alpha value is -8.46. The van der Waals surface area contributed by atoms with Gasteiger partial charge >= 0.3 is 0 Å². The molecule has 0 radical (unpaired) electrons. The van der Waals surface area contributed by atoms with E-state index in [4.69, 9.17) is 4.42 Å². The number of hydrogen-bond acceptors (Lipinski definition) is 2. The maximum Gasteiger partial charge on any atom is 0.136 e. The summed E-state index contributed by atoms with van der Waals surface area (Å²) in [5, 5.41) is 1.06. The molecule has 0 unspecified atom stereocenters. The molecule has 13 rings (SSSR count). The predicted molar refractivity (Wildman–Crippen MR) is 271 cm³/mol. The highest BCUT2D eigenvalue weighted by atomic mass is 16.3. The standard InChI is InChI=1S/C64H43NO/c1-6-20-44(21-7-1)61-40-45-34-35-52(43-62(45)66-61)65(50-36-38-59-55(41-50)53-30-16-18-32-57(53)63(59,46-22-8-2-9-23-46)47-24-10-3-11-25-47)51-37-39-60-56(42-51)54-31-17-19-33-58(54)64(60,48-26-12-4-13-27-48)49-28-14-5-15-29-49/h1-43H. The van der Waals surface area contributed by atoms with Gasteiger partial charge in [0.25, 0.3) is 0 Å². The summed E-state index contributed by atoms with van der Waals surface area (Å²) in [4.78, 5) is 2.42. The number of nitrogens with zero attached hydrogens (tertiary/aromatic N) is 1. The molecule has 0 amide bonds. The summed E-state index contributed by atoms with van der Waals surface area (Å²) in [7, 11) is 0. The minimum absolute atomic E-state index is 0.492. The zero-order valence-corrected chi connectivity index (χ0v) is 36.2. The van der Waals surface area contributed by atoms with Crippen LogP contribution in [0.15, 0.2) is 265 Å². The lowest BCUT2D eigenvalue weighted by Crippen LogP contribution is -2.28. The SMILES string of the molecule is c1ccc(-c2cc3ccc(N(c4ccc5c(c4)-c4ccccc4C5(c4ccccc4)c4ccccc4)c4ccc5c(c4)-c4ccccc4C5(c4ccccc4)c4ccccc4)cc3o2)cc1. The normalized spacial score (nSPS) is 13.7. The van der Waals surface area contributed by atoms with E-state index in [1.54, 1.807) is 0 Å². The average molecular weight is 842 g/mol. The van der Waals surface area contributed by atoms with E-state index in [1.165, 1.54) is 66.8 Å². The van der Waals surface area contributed by atoms with Crippen molar-refractivity contribution in [3.8, 4) is 33.6 Å². The number of fused-ring (bicyclic) bond motifs is 7. The molecule has 310 valence electrons. The van der Waals surface area contributed by atoms with Gasteiger partial charge in [0, 0.05) is 34.1 Å². The van der Waals surface area contributed by atoms with Crippen molar-refractivity contribution in [2.24, 2.45) is 0 Å². The molecule has 0 saturated carbocycles. The molecule has 0 spiro atoms. The van der Waals surface area contributed by atoms with Gasteiger partial charge in [0.15, 0.2) is 0 Å². The van der Waals surface area contributed by atoms with E-state index < -0.39 is 10.8 Å². The molecule has 0 fully saturated rings. The van der Waals surface area contributed by atoms with Crippen molar-refractivity contribution < 1.29 is 4.42 Å². The Morgan fingerprint density at radius 3 is 1.11 bits per heavy atom. The Labute approximate surface area is 385 Å². The van der Waals surface area contributed by atoms with Gasteiger partial charge in [0.1, 0.15) is 11.3 Å². The quantitative estimate of drug-likeness (QED) is 0.152. The van der Waals surface area contributed by atoms with E-state index in [0.29, 0.717) is 0 Å². The van der Waals surface area contributed by atoms with Gasteiger partial charge in [0.2, 0.25) is 0 Å². The summed E-state index contributed by atoms with van der Waals surface area (Å²) in [5.41, 5.74) is 19.2. The molecule has 66 heavy (non-hydrogen) atoms. The summed E-state index contributed by atoms with van der Waals surface area (Å²) in [6.45, 7) is 0. The topological polar surface area (TPSA) is 16.4 Å². The number of benzene rings is 10. The Balaban J connectivity index is 1.06. The van der Waals surface area contributed by atoms with Crippen molar-refractivity contribution >= 4 is 28.0 Å².